The van der Waals surface area contributed by atoms with Crippen LogP contribution < -0.4 is 10.5 Å². The molecule has 2 N–H and O–H groups in total. The number of likely N-dealkylation sites (tertiary alicyclic amines) is 1. The Balaban J connectivity index is 1.97. The van der Waals surface area contributed by atoms with Gasteiger partial charge in [0.15, 0.2) is 0 Å². The predicted molar refractivity (Wildman–Crippen MR) is 73.2 cm³/mol. The van der Waals surface area contributed by atoms with Crippen LogP contribution in [0.4, 0.5) is 0 Å². The first kappa shape index (κ1) is 12.3. The lowest BCUT2D eigenvalue weighted by molar-refractivity contribution is 0.297. The first-order chi connectivity index (χ1) is 8.69. The fourth-order valence-electron chi connectivity index (χ4n) is 3.19. The van der Waals surface area contributed by atoms with E-state index in [0.717, 1.165) is 43.3 Å². The lowest BCUT2D eigenvalue weighted by atomic mass is 9.97. The second kappa shape index (κ2) is 4.72. The van der Waals surface area contributed by atoms with Gasteiger partial charge in [-0.15, -0.1) is 0 Å². The molecule has 0 bridgehead atoms. The van der Waals surface area contributed by atoms with Gasteiger partial charge in [0.1, 0.15) is 5.75 Å². The number of nitrogens with zero attached hydrogens (tertiary/aromatic N) is 1. The Labute approximate surface area is 113 Å². The lowest BCUT2D eigenvalue weighted by Gasteiger charge is -2.22. The number of benzene rings is 1. The van der Waals surface area contributed by atoms with Crippen LogP contribution in [0, 0.1) is 5.92 Å². The van der Waals surface area contributed by atoms with Gasteiger partial charge in [-0.2, -0.15) is 0 Å². The minimum Gasteiger partial charge on any atom is -0.493 e. The standard InChI is InChI=1S/C14H19ClN2O/c1-17-8-9(7-16)4-13(17)12-6-11(15)5-10-2-3-18-14(10)12/h5-6,9,13H,2-4,7-8,16H2,1H3. The quantitative estimate of drug-likeness (QED) is 0.892. The SMILES string of the molecule is CN1CC(CN)CC1c1cc(Cl)cc2c1OCC2. The molecule has 1 aromatic rings. The van der Waals surface area contributed by atoms with Crippen LogP contribution in [0.15, 0.2) is 12.1 Å². The summed E-state index contributed by atoms with van der Waals surface area (Å²) in [6, 6.07) is 4.48. The highest BCUT2D eigenvalue weighted by Gasteiger charge is 2.33. The first-order valence-corrected chi connectivity index (χ1v) is 6.92. The van der Waals surface area contributed by atoms with E-state index in [0.29, 0.717) is 12.0 Å². The van der Waals surface area contributed by atoms with Gasteiger partial charge >= 0.3 is 0 Å². The Morgan fingerprint density at radius 3 is 3.06 bits per heavy atom. The lowest BCUT2D eigenvalue weighted by Crippen LogP contribution is -2.20. The first-order valence-electron chi connectivity index (χ1n) is 6.54. The Morgan fingerprint density at radius 1 is 1.50 bits per heavy atom. The van der Waals surface area contributed by atoms with E-state index in [1.165, 1.54) is 11.1 Å². The van der Waals surface area contributed by atoms with E-state index in [9.17, 15) is 0 Å². The maximum absolute atomic E-state index is 6.23. The number of rotatable bonds is 2. The molecule has 3 rings (SSSR count). The summed E-state index contributed by atoms with van der Waals surface area (Å²) in [4.78, 5) is 2.37. The van der Waals surface area contributed by atoms with Crippen LogP contribution in [-0.4, -0.2) is 31.6 Å². The molecule has 4 heteroatoms. The predicted octanol–water partition coefficient (Wildman–Crippen LogP) is 2.23. The van der Waals surface area contributed by atoms with Gasteiger partial charge in [-0.1, -0.05) is 11.6 Å². The summed E-state index contributed by atoms with van der Waals surface area (Å²) < 4.78 is 5.80. The van der Waals surface area contributed by atoms with Gasteiger partial charge < -0.3 is 10.5 Å². The molecule has 98 valence electrons. The van der Waals surface area contributed by atoms with Crippen molar-refractivity contribution in [1.29, 1.82) is 0 Å². The molecular weight excluding hydrogens is 248 g/mol. The van der Waals surface area contributed by atoms with Crippen molar-refractivity contribution in [1.82, 2.24) is 4.90 Å². The number of nitrogens with two attached hydrogens (primary N) is 1. The summed E-state index contributed by atoms with van der Waals surface area (Å²) in [5.41, 5.74) is 8.29. The van der Waals surface area contributed by atoms with Gasteiger partial charge in [0.05, 0.1) is 6.61 Å². The molecule has 2 aliphatic heterocycles. The number of fused-ring (bicyclic) bond motifs is 1. The molecule has 3 nitrogen and oxygen atoms in total. The summed E-state index contributed by atoms with van der Waals surface area (Å²) >= 11 is 6.23. The zero-order valence-corrected chi connectivity index (χ0v) is 11.4. The van der Waals surface area contributed by atoms with Crippen LogP contribution >= 0.6 is 11.6 Å². The normalized spacial score (nSPS) is 27.3. The summed E-state index contributed by atoms with van der Waals surface area (Å²) in [5.74, 6) is 1.64. The molecule has 0 radical (unpaired) electrons. The topological polar surface area (TPSA) is 38.5 Å². The van der Waals surface area contributed by atoms with Crippen molar-refractivity contribution in [2.45, 2.75) is 18.9 Å². The van der Waals surface area contributed by atoms with Crippen LogP contribution in [0.3, 0.4) is 0 Å². The number of halogens is 1. The van der Waals surface area contributed by atoms with Gasteiger partial charge in [0, 0.05) is 29.6 Å². The summed E-state index contributed by atoms with van der Waals surface area (Å²) in [6.45, 7) is 2.59. The van der Waals surface area contributed by atoms with Crippen LogP contribution in [0.25, 0.3) is 0 Å². The van der Waals surface area contributed by atoms with E-state index in [1.807, 2.05) is 6.07 Å². The van der Waals surface area contributed by atoms with Crippen molar-refractivity contribution in [3.63, 3.8) is 0 Å². The maximum Gasteiger partial charge on any atom is 0.127 e. The van der Waals surface area contributed by atoms with E-state index in [-0.39, 0.29) is 0 Å². The highest BCUT2D eigenvalue weighted by Crippen LogP contribution is 2.43. The van der Waals surface area contributed by atoms with E-state index < -0.39 is 0 Å². The van der Waals surface area contributed by atoms with Gasteiger partial charge in [-0.05, 0) is 43.6 Å². The number of ether oxygens (including phenoxy) is 1. The van der Waals surface area contributed by atoms with Crippen molar-refractivity contribution < 1.29 is 4.74 Å². The molecule has 1 aromatic carbocycles. The summed E-state index contributed by atoms with van der Waals surface area (Å²) in [7, 11) is 2.16. The number of hydrogen-bond acceptors (Lipinski definition) is 3. The zero-order valence-electron chi connectivity index (χ0n) is 10.7. The average Bonchev–Trinajstić information content (AvgIpc) is 2.94. The smallest absolute Gasteiger partial charge is 0.127 e. The Hall–Kier alpha value is -0.770. The molecule has 2 atom stereocenters. The molecular formula is C14H19ClN2O. The third-order valence-corrected chi connectivity index (χ3v) is 4.32. The Morgan fingerprint density at radius 2 is 2.33 bits per heavy atom. The number of hydrogen-bond donors (Lipinski definition) is 1. The molecule has 1 fully saturated rings. The van der Waals surface area contributed by atoms with Crippen molar-refractivity contribution in [3.8, 4) is 5.75 Å². The molecule has 0 aromatic heterocycles. The minimum atomic E-state index is 0.393. The molecule has 0 spiro atoms. The Kier molecular flexibility index (Phi) is 3.22. The third-order valence-electron chi connectivity index (χ3n) is 4.10. The van der Waals surface area contributed by atoms with Gasteiger partial charge in [0.25, 0.3) is 0 Å². The second-order valence-electron chi connectivity index (χ2n) is 5.37. The Bertz CT molecular complexity index is 463. The molecule has 0 saturated carbocycles. The largest absolute Gasteiger partial charge is 0.493 e. The van der Waals surface area contributed by atoms with Crippen molar-refractivity contribution in [2.75, 3.05) is 26.7 Å². The maximum atomic E-state index is 6.23. The molecule has 1 saturated heterocycles. The molecule has 2 heterocycles. The van der Waals surface area contributed by atoms with Crippen LogP contribution in [0.1, 0.15) is 23.6 Å². The second-order valence-corrected chi connectivity index (χ2v) is 5.81. The average molecular weight is 267 g/mol. The highest BCUT2D eigenvalue weighted by molar-refractivity contribution is 6.30. The van der Waals surface area contributed by atoms with Crippen molar-refractivity contribution >= 4 is 11.6 Å². The fourth-order valence-corrected chi connectivity index (χ4v) is 3.43. The molecule has 2 unspecified atom stereocenters. The van der Waals surface area contributed by atoms with Gasteiger partial charge in [-0.25, -0.2) is 0 Å². The highest BCUT2D eigenvalue weighted by atomic mass is 35.5. The summed E-state index contributed by atoms with van der Waals surface area (Å²) in [6.07, 6.45) is 2.07. The van der Waals surface area contributed by atoms with E-state index in [1.54, 1.807) is 0 Å². The molecule has 2 aliphatic rings. The van der Waals surface area contributed by atoms with Crippen molar-refractivity contribution in [3.05, 3.63) is 28.3 Å². The van der Waals surface area contributed by atoms with Crippen LogP contribution in [0.2, 0.25) is 5.02 Å². The zero-order chi connectivity index (χ0) is 12.7. The molecule has 0 aliphatic carbocycles. The summed E-state index contributed by atoms with van der Waals surface area (Å²) in [5, 5.41) is 0.818. The molecule has 0 amide bonds. The van der Waals surface area contributed by atoms with E-state index in [2.05, 4.69) is 18.0 Å². The monoisotopic (exact) mass is 266 g/mol. The van der Waals surface area contributed by atoms with Crippen LogP contribution in [0.5, 0.6) is 5.75 Å². The van der Waals surface area contributed by atoms with Gasteiger partial charge in [0.2, 0.25) is 0 Å². The van der Waals surface area contributed by atoms with E-state index >= 15 is 0 Å². The third kappa shape index (κ3) is 2.00. The van der Waals surface area contributed by atoms with E-state index in [4.69, 9.17) is 22.1 Å². The fraction of sp³-hybridized carbons (Fsp3) is 0.571. The minimum absolute atomic E-state index is 0.393. The van der Waals surface area contributed by atoms with Crippen LogP contribution in [-0.2, 0) is 6.42 Å². The van der Waals surface area contributed by atoms with Crippen molar-refractivity contribution in [2.24, 2.45) is 11.7 Å². The van der Waals surface area contributed by atoms with Gasteiger partial charge in [-0.3, -0.25) is 4.90 Å². The molecule has 18 heavy (non-hydrogen) atoms.